The van der Waals surface area contributed by atoms with E-state index in [1.54, 1.807) is 0 Å². The predicted molar refractivity (Wildman–Crippen MR) is 84.4 cm³/mol. The first-order valence-electron chi connectivity index (χ1n) is 6.82. The molecular weight excluding hydrogens is 320 g/mol. The first-order chi connectivity index (χ1) is 9.83. The third kappa shape index (κ3) is 2.42. The molecule has 0 radical (unpaired) electrons. The van der Waals surface area contributed by atoms with Crippen LogP contribution in [0.25, 0.3) is 10.8 Å². The molecule has 0 spiro atoms. The average Bonchev–Trinajstić information content (AvgIpc) is 2.50. The molecule has 0 N–H and O–H groups in total. The standard InChI is InChI=1S/C15H17BrN2O2/c1-2-18(6-4-16)15-12-10-14-13(19-7-8-20-14)9-11(12)3-5-17-15/h3,5,9-10H,2,4,6-8H2,1H3. The van der Waals surface area contributed by atoms with Gasteiger partial charge in [-0.25, -0.2) is 4.98 Å². The molecule has 3 rings (SSSR count). The van der Waals surface area contributed by atoms with Gasteiger partial charge in [0.15, 0.2) is 11.5 Å². The largest absolute Gasteiger partial charge is 0.486 e. The molecule has 0 saturated heterocycles. The van der Waals surface area contributed by atoms with Gasteiger partial charge in [0.05, 0.1) is 0 Å². The smallest absolute Gasteiger partial charge is 0.162 e. The molecule has 0 unspecified atom stereocenters. The Morgan fingerprint density at radius 2 is 2.00 bits per heavy atom. The maximum Gasteiger partial charge on any atom is 0.162 e. The number of anilines is 1. The molecule has 20 heavy (non-hydrogen) atoms. The molecule has 1 aromatic carbocycles. The molecule has 4 nitrogen and oxygen atoms in total. The van der Waals surface area contributed by atoms with Gasteiger partial charge in [-0.15, -0.1) is 0 Å². The van der Waals surface area contributed by atoms with Crippen LogP contribution in [0.2, 0.25) is 0 Å². The van der Waals surface area contributed by atoms with Gasteiger partial charge < -0.3 is 14.4 Å². The molecule has 5 heteroatoms. The number of nitrogens with zero attached hydrogens (tertiary/aromatic N) is 2. The Kier molecular flexibility index (Phi) is 3.96. The van der Waals surface area contributed by atoms with Gasteiger partial charge in [-0.1, -0.05) is 15.9 Å². The molecule has 0 amide bonds. The van der Waals surface area contributed by atoms with E-state index >= 15 is 0 Å². The second-order valence-corrected chi connectivity index (χ2v) is 5.41. The van der Waals surface area contributed by atoms with Crippen molar-refractivity contribution in [3.8, 4) is 11.5 Å². The quantitative estimate of drug-likeness (QED) is 0.803. The summed E-state index contributed by atoms with van der Waals surface area (Å²) in [5, 5.41) is 3.16. The van der Waals surface area contributed by atoms with E-state index < -0.39 is 0 Å². The van der Waals surface area contributed by atoms with Gasteiger partial charge in [0, 0.05) is 30.0 Å². The highest BCUT2D eigenvalue weighted by Crippen LogP contribution is 2.37. The lowest BCUT2D eigenvalue weighted by Crippen LogP contribution is -2.26. The molecule has 0 fully saturated rings. The zero-order valence-corrected chi connectivity index (χ0v) is 13.0. The lowest BCUT2D eigenvalue weighted by molar-refractivity contribution is 0.172. The summed E-state index contributed by atoms with van der Waals surface area (Å²) in [6, 6.07) is 6.10. The van der Waals surface area contributed by atoms with Crippen LogP contribution in [0.3, 0.4) is 0 Å². The van der Waals surface area contributed by atoms with E-state index in [0.717, 1.165) is 46.5 Å². The third-order valence-corrected chi connectivity index (χ3v) is 3.80. The predicted octanol–water partition coefficient (Wildman–Crippen LogP) is 3.23. The van der Waals surface area contributed by atoms with Crippen molar-refractivity contribution < 1.29 is 9.47 Å². The monoisotopic (exact) mass is 336 g/mol. The lowest BCUT2D eigenvalue weighted by Gasteiger charge is -2.24. The Morgan fingerprint density at radius 3 is 2.70 bits per heavy atom. The zero-order chi connectivity index (χ0) is 13.9. The van der Waals surface area contributed by atoms with E-state index in [-0.39, 0.29) is 0 Å². The van der Waals surface area contributed by atoms with Crippen molar-refractivity contribution in [2.45, 2.75) is 6.92 Å². The minimum absolute atomic E-state index is 0.604. The highest BCUT2D eigenvalue weighted by atomic mass is 79.9. The fourth-order valence-electron chi connectivity index (χ4n) is 2.46. The summed E-state index contributed by atoms with van der Waals surface area (Å²) in [5.41, 5.74) is 0. The number of pyridine rings is 1. The summed E-state index contributed by atoms with van der Waals surface area (Å²) in [4.78, 5) is 6.81. The number of rotatable bonds is 4. The Hall–Kier alpha value is -1.49. The van der Waals surface area contributed by atoms with Crippen LogP contribution < -0.4 is 14.4 Å². The van der Waals surface area contributed by atoms with Gasteiger partial charge in [0.25, 0.3) is 0 Å². The Bertz CT molecular complexity index is 618. The summed E-state index contributed by atoms with van der Waals surface area (Å²) in [6.45, 7) is 5.21. The Morgan fingerprint density at radius 1 is 1.25 bits per heavy atom. The number of hydrogen-bond acceptors (Lipinski definition) is 4. The van der Waals surface area contributed by atoms with Crippen molar-refractivity contribution in [3.05, 3.63) is 24.4 Å². The highest BCUT2D eigenvalue weighted by molar-refractivity contribution is 9.09. The van der Waals surface area contributed by atoms with Crippen molar-refractivity contribution in [1.82, 2.24) is 4.98 Å². The lowest BCUT2D eigenvalue weighted by atomic mass is 10.1. The minimum Gasteiger partial charge on any atom is -0.486 e. The first kappa shape index (κ1) is 13.5. The molecule has 2 aromatic rings. The molecule has 0 atom stereocenters. The highest BCUT2D eigenvalue weighted by Gasteiger charge is 2.16. The molecule has 1 aromatic heterocycles. The molecule has 106 valence electrons. The molecule has 2 heterocycles. The molecule has 1 aliphatic heterocycles. The number of hydrogen-bond donors (Lipinski definition) is 0. The van der Waals surface area contributed by atoms with Gasteiger partial charge in [0.2, 0.25) is 0 Å². The maximum absolute atomic E-state index is 5.68. The van der Waals surface area contributed by atoms with Crippen molar-refractivity contribution in [1.29, 1.82) is 0 Å². The normalized spacial score (nSPS) is 13.5. The van der Waals surface area contributed by atoms with Crippen LogP contribution in [-0.4, -0.2) is 36.6 Å². The summed E-state index contributed by atoms with van der Waals surface area (Å²) in [5.74, 6) is 2.64. The van der Waals surface area contributed by atoms with Crippen molar-refractivity contribution in [2.75, 3.05) is 36.5 Å². The van der Waals surface area contributed by atoms with Crippen molar-refractivity contribution >= 4 is 32.5 Å². The molecular formula is C15H17BrN2O2. The van der Waals surface area contributed by atoms with Gasteiger partial charge >= 0.3 is 0 Å². The SMILES string of the molecule is CCN(CCBr)c1nccc2cc3c(cc12)OCCO3. The second kappa shape index (κ2) is 5.87. The van der Waals surface area contributed by atoms with Crippen LogP contribution in [0.15, 0.2) is 24.4 Å². The van der Waals surface area contributed by atoms with Gasteiger partial charge in [-0.3, -0.25) is 0 Å². The minimum atomic E-state index is 0.604. The number of benzene rings is 1. The van der Waals surface area contributed by atoms with E-state index in [9.17, 15) is 0 Å². The molecule has 0 saturated carbocycles. The summed E-state index contributed by atoms with van der Waals surface area (Å²) in [6.07, 6.45) is 1.85. The maximum atomic E-state index is 5.68. The van der Waals surface area contributed by atoms with E-state index in [1.807, 2.05) is 24.4 Å². The summed E-state index contributed by atoms with van der Waals surface area (Å²) in [7, 11) is 0. The number of fused-ring (bicyclic) bond motifs is 2. The Balaban J connectivity index is 2.12. The molecule has 1 aliphatic rings. The van der Waals surface area contributed by atoms with E-state index in [2.05, 4.69) is 32.7 Å². The van der Waals surface area contributed by atoms with E-state index in [1.165, 1.54) is 0 Å². The van der Waals surface area contributed by atoms with Gasteiger partial charge in [0.1, 0.15) is 19.0 Å². The average molecular weight is 337 g/mol. The Labute approximate surface area is 126 Å². The summed E-state index contributed by atoms with van der Waals surface area (Å²) >= 11 is 3.50. The number of halogens is 1. The van der Waals surface area contributed by atoms with Crippen LogP contribution in [0.1, 0.15) is 6.92 Å². The second-order valence-electron chi connectivity index (χ2n) is 4.62. The fourth-order valence-corrected chi connectivity index (χ4v) is 2.89. The van der Waals surface area contributed by atoms with Crippen LogP contribution >= 0.6 is 15.9 Å². The summed E-state index contributed by atoms with van der Waals surface area (Å²) < 4.78 is 11.3. The van der Waals surface area contributed by atoms with Crippen LogP contribution in [0.5, 0.6) is 11.5 Å². The van der Waals surface area contributed by atoms with Crippen molar-refractivity contribution in [3.63, 3.8) is 0 Å². The topological polar surface area (TPSA) is 34.6 Å². The zero-order valence-electron chi connectivity index (χ0n) is 11.4. The fraction of sp³-hybridized carbons (Fsp3) is 0.400. The molecule has 0 bridgehead atoms. The van der Waals surface area contributed by atoms with E-state index in [4.69, 9.17) is 9.47 Å². The van der Waals surface area contributed by atoms with Crippen molar-refractivity contribution in [2.24, 2.45) is 0 Å². The van der Waals surface area contributed by atoms with Gasteiger partial charge in [-0.05, 0) is 30.5 Å². The van der Waals surface area contributed by atoms with Crippen LogP contribution in [0, 0.1) is 0 Å². The first-order valence-corrected chi connectivity index (χ1v) is 7.95. The molecule has 0 aliphatic carbocycles. The third-order valence-electron chi connectivity index (χ3n) is 3.44. The van der Waals surface area contributed by atoms with Crippen LogP contribution in [0.4, 0.5) is 5.82 Å². The number of ether oxygens (including phenoxy) is 2. The van der Waals surface area contributed by atoms with E-state index in [0.29, 0.717) is 13.2 Å². The number of aromatic nitrogens is 1. The number of alkyl halides is 1. The van der Waals surface area contributed by atoms with Gasteiger partial charge in [-0.2, -0.15) is 0 Å². The van der Waals surface area contributed by atoms with Crippen LogP contribution in [-0.2, 0) is 0 Å².